The van der Waals surface area contributed by atoms with Gasteiger partial charge in [0.1, 0.15) is 5.52 Å². The lowest BCUT2D eigenvalue weighted by molar-refractivity contribution is 0.622. The van der Waals surface area contributed by atoms with Crippen LogP contribution in [0.15, 0.2) is 223 Å². The summed E-state index contributed by atoms with van der Waals surface area (Å²) in [6.45, 7) is 0. The van der Waals surface area contributed by atoms with Gasteiger partial charge in [0.25, 0.3) is 0 Å². The monoisotopic (exact) mass is 832 g/mol. The maximum atomic E-state index is 6.64. The summed E-state index contributed by atoms with van der Waals surface area (Å²) in [6.07, 6.45) is 0. The molecule has 9 aromatic carbocycles. The van der Waals surface area contributed by atoms with Crippen molar-refractivity contribution in [2.24, 2.45) is 0 Å². The van der Waals surface area contributed by atoms with Crippen LogP contribution in [0.1, 0.15) is 0 Å². The molecule has 7 nitrogen and oxygen atoms in total. The maximum absolute atomic E-state index is 6.64. The Balaban J connectivity index is 0.950. The van der Waals surface area contributed by atoms with Gasteiger partial charge in [-0.15, -0.1) is 0 Å². The minimum Gasteiger partial charge on any atom is -0.434 e. The van der Waals surface area contributed by atoms with E-state index in [9.17, 15) is 0 Å². The fourth-order valence-corrected chi connectivity index (χ4v) is 9.37. The molecule has 13 rings (SSSR count). The van der Waals surface area contributed by atoms with Crippen molar-refractivity contribution in [2.75, 3.05) is 0 Å². The second-order valence-electron chi connectivity index (χ2n) is 16.3. The molecule has 0 aliphatic carbocycles. The van der Waals surface area contributed by atoms with Gasteiger partial charge in [-0.3, -0.25) is 0 Å². The van der Waals surface area contributed by atoms with Gasteiger partial charge in [0.05, 0.1) is 22.1 Å². The van der Waals surface area contributed by atoms with Crippen molar-refractivity contribution < 1.29 is 4.42 Å². The molecule has 0 bridgehead atoms. The summed E-state index contributed by atoms with van der Waals surface area (Å²) >= 11 is 0. The Bertz CT molecular complexity index is 3870. The van der Waals surface area contributed by atoms with Gasteiger partial charge in [0, 0.05) is 55.2 Å². The van der Waals surface area contributed by atoms with Gasteiger partial charge in [0.15, 0.2) is 23.1 Å². The van der Waals surface area contributed by atoms with Crippen LogP contribution in [0.4, 0.5) is 0 Å². The minimum absolute atomic E-state index is 0.609. The summed E-state index contributed by atoms with van der Waals surface area (Å²) in [7, 11) is 0. The van der Waals surface area contributed by atoms with E-state index in [0.29, 0.717) is 23.4 Å². The fraction of sp³-hybridized carbons (Fsp3) is 0. The predicted octanol–water partition coefficient (Wildman–Crippen LogP) is 14.5. The summed E-state index contributed by atoms with van der Waals surface area (Å²) < 4.78 is 11.3. The summed E-state index contributed by atoms with van der Waals surface area (Å²) in [4.78, 5) is 19.9. The molecular formula is C58H36N6O. The standard InChI is InChI=1S/C58H36N6O/c1-5-16-37(17-6-1)55-60-56(38-18-7-2-8-19-38)62-57(61-55)42-22-15-25-44(34-42)63-50-27-14-13-26-45(50)47-35-40(28-32-51(47)63)41-29-33-52-48(36-41)46-30-31-49-54(53(46)64(52)43-23-11-4-12-24-43)65-58(59-49)39-20-9-3-10-21-39/h1-36H. The van der Waals surface area contributed by atoms with Crippen molar-refractivity contribution in [3.05, 3.63) is 218 Å². The van der Waals surface area contributed by atoms with Crippen LogP contribution in [-0.2, 0) is 0 Å². The van der Waals surface area contributed by atoms with Crippen LogP contribution in [0.2, 0.25) is 0 Å². The van der Waals surface area contributed by atoms with Crippen LogP contribution in [0, 0.1) is 0 Å². The Kier molecular flexibility index (Phi) is 8.39. The average Bonchev–Trinajstić information content (AvgIpc) is 4.07. The molecule has 7 heteroatoms. The molecule has 0 amide bonds. The molecule has 0 aliphatic heterocycles. The molecule has 13 aromatic rings. The van der Waals surface area contributed by atoms with Crippen molar-refractivity contribution in [3.63, 3.8) is 0 Å². The topological polar surface area (TPSA) is 74.6 Å². The molecule has 4 heterocycles. The van der Waals surface area contributed by atoms with E-state index in [-0.39, 0.29) is 0 Å². The molecule has 0 N–H and O–H groups in total. The number of rotatable bonds is 7. The Labute approximate surface area is 373 Å². The number of nitrogens with zero attached hydrogens (tertiary/aromatic N) is 6. The molecule has 0 fully saturated rings. The molecule has 304 valence electrons. The first-order valence-corrected chi connectivity index (χ1v) is 21.7. The zero-order valence-corrected chi connectivity index (χ0v) is 34.9. The molecule has 65 heavy (non-hydrogen) atoms. The lowest BCUT2D eigenvalue weighted by atomic mass is 10.0. The van der Waals surface area contributed by atoms with E-state index in [1.165, 1.54) is 10.8 Å². The minimum atomic E-state index is 0.609. The van der Waals surface area contributed by atoms with Crippen LogP contribution in [0.5, 0.6) is 0 Å². The van der Waals surface area contributed by atoms with Gasteiger partial charge in [-0.25, -0.2) is 19.9 Å². The molecule has 0 unspecified atom stereocenters. The molecular weight excluding hydrogens is 797 g/mol. The van der Waals surface area contributed by atoms with Crippen LogP contribution < -0.4 is 0 Å². The normalized spacial score (nSPS) is 11.7. The molecule has 0 aliphatic rings. The number of aromatic nitrogens is 6. The van der Waals surface area contributed by atoms with Crippen molar-refractivity contribution in [2.45, 2.75) is 0 Å². The highest BCUT2D eigenvalue weighted by Crippen LogP contribution is 2.41. The molecule has 0 spiro atoms. The summed E-state index contributed by atoms with van der Waals surface area (Å²) in [5.41, 5.74) is 14.0. The van der Waals surface area contributed by atoms with E-state index in [2.05, 4.69) is 137 Å². The smallest absolute Gasteiger partial charge is 0.227 e. The summed E-state index contributed by atoms with van der Waals surface area (Å²) in [5.74, 6) is 2.50. The molecule has 0 radical (unpaired) electrons. The Morgan fingerprint density at radius 2 is 0.815 bits per heavy atom. The first kappa shape index (κ1) is 36.7. The number of hydrogen-bond acceptors (Lipinski definition) is 5. The van der Waals surface area contributed by atoms with E-state index < -0.39 is 0 Å². The number of fused-ring (bicyclic) bond motifs is 8. The van der Waals surface area contributed by atoms with Crippen molar-refractivity contribution in [1.29, 1.82) is 0 Å². The zero-order chi connectivity index (χ0) is 42.8. The second-order valence-corrected chi connectivity index (χ2v) is 16.3. The maximum Gasteiger partial charge on any atom is 0.227 e. The van der Waals surface area contributed by atoms with Crippen LogP contribution in [0.25, 0.3) is 123 Å². The quantitative estimate of drug-likeness (QED) is 0.160. The first-order valence-electron chi connectivity index (χ1n) is 21.7. The summed E-state index contributed by atoms with van der Waals surface area (Å²) in [5, 5.41) is 4.60. The highest BCUT2D eigenvalue weighted by molar-refractivity contribution is 6.18. The van der Waals surface area contributed by atoms with Crippen molar-refractivity contribution in [3.8, 4) is 68.1 Å². The third kappa shape index (κ3) is 6.13. The van der Waals surface area contributed by atoms with Crippen molar-refractivity contribution >= 4 is 54.7 Å². The van der Waals surface area contributed by atoms with Crippen molar-refractivity contribution in [1.82, 2.24) is 29.1 Å². The fourth-order valence-electron chi connectivity index (χ4n) is 9.37. The summed E-state index contributed by atoms with van der Waals surface area (Å²) in [6, 6.07) is 75.8. The van der Waals surface area contributed by atoms with Gasteiger partial charge in [-0.2, -0.15) is 0 Å². The highest BCUT2D eigenvalue weighted by atomic mass is 16.3. The first-order chi connectivity index (χ1) is 32.2. The molecule has 0 atom stereocenters. The van der Waals surface area contributed by atoms with E-state index in [1.54, 1.807) is 0 Å². The third-order valence-electron chi connectivity index (χ3n) is 12.4. The predicted molar refractivity (Wildman–Crippen MR) is 263 cm³/mol. The van der Waals surface area contributed by atoms with Crippen LogP contribution >= 0.6 is 0 Å². The Morgan fingerprint density at radius 1 is 0.308 bits per heavy atom. The van der Waals surface area contributed by atoms with Crippen LogP contribution in [0.3, 0.4) is 0 Å². The number of oxazole rings is 1. The second kappa shape index (κ2) is 14.9. The molecule has 4 aromatic heterocycles. The van der Waals surface area contributed by atoms with E-state index in [1.807, 2.05) is 91.0 Å². The third-order valence-corrected chi connectivity index (χ3v) is 12.4. The Hall–Kier alpha value is -8.94. The van der Waals surface area contributed by atoms with E-state index in [4.69, 9.17) is 24.4 Å². The lowest BCUT2D eigenvalue weighted by Crippen LogP contribution is -2.01. The van der Waals surface area contributed by atoms with Gasteiger partial charge < -0.3 is 13.6 Å². The lowest BCUT2D eigenvalue weighted by Gasteiger charge is -2.12. The van der Waals surface area contributed by atoms with Gasteiger partial charge in [-0.1, -0.05) is 140 Å². The van der Waals surface area contributed by atoms with Gasteiger partial charge in [-0.05, 0) is 90.0 Å². The Morgan fingerprint density at radius 3 is 1.48 bits per heavy atom. The molecule has 0 saturated carbocycles. The van der Waals surface area contributed by atoms with Crippen LogP contribution in [-0.4, -0.2) is 29.1 Å². The largest absolute Gasteiger partial charge is 0.434 e. The number of benzene rings is 9. The highest BCUT2D eigenvalue weighted by Gasteiger charge is 2.21. The van der Waals surface area contributed by atoms with Gasteiger partial charge >= 0.3 is 0 Å². The molecule has 0 saturated heterocycles. The zero-order valence-electron chi connectivity index (χ0n) is 34.9. The van der Waals surface area contributed by atoms with E-state index in [0.717, 1.165) is 88.7 Å². The van der Waals surface area contributed by atoms with E-state index >= 15 is 0 Å². The number of hydrogen-bond donors (Lipinski definition) is 0. The average molecular weight is 833 g/mol. The SMILES string of the molecule is c1ccc(-c2nc(-c3ccccc3)nc(-c3cccc(-n4c5ccccc5c5cc(-c6ccc7c(c6)c6ccc8nc(-c9ccccc9)oc8c6n7-c6ccccc6)ccc54)c3)n2)cc1. The van der Waals surface area contributed by atoms with Gasteiger partial charge in [0.2, 0.25) is 5.89 Å². The number of para-hydroxylation sites is 2.